The molecule has 0 saturated heterocycles. The number of nitrogens with zero attached hydrogens (tertiary/aromatic N) is 1. The van der Waals surface area contributed by atoms with E-state index in [9.17, 15) is 18.0 Å². The van der Waals surface area contributed by atoms with Crippen LogP contribution in [0.5, 0.6) is 5.75 Å². The summed E-state index contributed by atoms with van der Waals surface area (Å²) in [5, 5.41) is 0.796. The van der Waals surface area contributed by atoms with Gasteiger partial charge in [-0.15, -0.1) is 0 Å². The molecule has 0 aliphatic carbocycles. The van der Waals surface area contributed by atoms with Crippen LogP contribution in [0.1, 0.15) is 15.9 Å². The van der Waals surface area contributed by atoms with Crippen molar-refractivity contribution < 1.29 is 22.7 Å². The van der Waals surface area contributed by atoms with E-state index in [1.165, 1.54) is 0 Å². The number of esters is 1. The Morgan fingerprint density at radius 3 is 2.35 bits per heavy atom. The number of para-hydroxylation sites is 1. The number of alkyl halides is 3. The molecule has 6 heteroatoms. The van der Waals surface area contributed by atoms with Crippen LogP contribution in [0, 0.1) is 0 Å². The lowest BCUT2D eigenvalue weighted by atomic mass is 10.1. The fourth-order valence-corrected chi connectivity index (χ4v) is 2.11. The van der Waals surface area contributed by atoms with Gasteiger partial charge in [0, 0.05) is 11.6 Å². The van der Waals surface area contributed by atoms with Gasteiger partial charge in [0.25, 0.3) is 0 Å². The number of hydrogen-bond acceptors (Lipinski definition) is 3. The minimum atomic E-state index is -4.44. The van der Waals surface area contributed by atoms with Gasteiger partial charge >= 0.3 is 12.1 Å². The van der Waals surface area contributed by atoms with Crippen molar-refractivity contribution in [3.8, 4) is 5.75 Å². The molecule has 2 aromatic carbocycles. The van der Waals surface area contributed by atoms with Crippen LogP contribution in [0.2, 0.25) is 0 Å². The van der Waals surface area contributed by atoms with Crippen molar-refractivity contribution >= 4 is 16.9 Å². The molecule has 0 aliphatic rings. The van der Waals surface area contributed by atoms with Gasteiger partial charge in [0.15, 0.2) is 5.75 Å². The van der Waals surface area contributed by atoms with Gasteiger partial charge in [-0.3, -0.25) is 4.98 Å². The predicted octanol–water partition coefficient (Wildman–Crippen LogP) is 4.47. The third-order valence-electron chi connectivity index (χ3n) is 3.25. The summed E-state index contributed by atoms with van der Waals surface area (Å²) >= 11 is 0. The maximum Gasteiger partial charge on any atom is 0.416 e. The zero-order valence-electron chi connectivity index (χ0n) is 11.7. The molecule has 3 aromatic rings. The van der Waals surface area contributed by atoms with Crippen molar-refractivity contribution in [3.05, 3.63) is 71.9 Å². The summed E-state index contributed by atoms with van der Waals surface area (Å²) in [7, 11) is 0. The molecule has 0 fully saturated rings. The molecular weight excluding hydrogens is 307 g/mol. The molecule has 0 aliphatic heterocycles. The summed E-state index contributed by atoms with van der Waals surface area (Å²) in [6.07, 6.45) is -2.88. The van der Waals surface area contributed by atoms with Crippen molar-refractivity contribution in [1.82, 2.24) is 4.98 Å². The van der Waals surface area contributed by atoms with Crippen LogP contribution in [-0.2, 0) is 6.18 Å². The number of pyridine rings is 1. The molecule has 0 saturated carbocycles. The molecule has 1 aromatic heterocycles. The van der Waals surface area contributed by atoms with Gasteiger partial charge in [-0.25, -0.2) is 4.79 Å². The molecule has 0 N–H and O–H groups in total. The normalized spacial score (nSPS) is 11.4. The van der Waals surface area contributed by atoms with Crippen LogP contribution in [0.3, 0.4) is 0 Å². The molecule has 1 heterocycles. The molecule has 116 valence electrons. The fourth-order valence-electron chi connectivity index (χ4n) is 2.11. The number of aromatic nitrogens is 1. The van der Waals surface area contributed by atoms with Gasteiger partial charge in [0.2, 0.25) is 0 Å². The first-order chi connectivity index (χ1) is 10.9. The lowest BCUT2D eigenvalue weighted by Crippen LogP contribution is -2.10. The van der Waals surface area contributed by atoms with Crippen molar-refractivity contribution in [1.29, 1.82) is 0 Å². The number of benzene rings is 2. The summed E-state index contributed by atoms with van der Waals surface area (Å²) in [6, 6.07) is 12.5. The number of halogens is 3. The van der Waals surface area contributed by atoms with Gasteiger partial charge in [0.1, 0.15) is 5.52 Å². The number of fused-ring (bicyclic) bond motifs is 1. The third kappa shape index (κ3) is 3.15. The van der Waals surface area contributed by atoms with E-state index in [-0.39, 0.29) is 11.3 Å². The molecule has 0 unspecified atom stereocenters. The molecule has 3 nitrogen and oxygen atoms in total. The van der Waals surface area contributed by atoms with Crippen LogP contribution < -0.4 is 4.74 Å². The van der Waals surface area contributed by atoms with Crippen LogP contribution >= 0.6 is 0 Å². The molecule has 0 spiro atoms. The lowest BCUT2D eigenvalue weighted by molar-refractivity contribution is -0.137. The predicted molar refractivity (Wildman–Crippen MR) is 78.1 cm³/mol. The maximum atomic E-state index is 12.5. The Bertz CT molecular complexity index is 852. The molecule has 0 amide bonds. The number of carbonyl (C=O) groups excluding carboxylic acids is 1. The van der Waals surface area contributed by atoms with Crippen LogP contribution in [0.4, 0.5) is 13.2 Å². The highest BCUT2D eigenvalue weighted by Gasteiger charge is 2.30. The zero-order valence-corrected chi connectivity index (χ0v) is 11.7. The van der Waals surface area contributed by atoms with Crippen LogP contribution in [-0.4, -0.2) is 11.0 Å². The number of hydrogen-bond donors (Lipinski definition) is 0. The van der Waals surface area contributed by atoms with Crippen LogP contribution in [0.25, 0.3) is 10.9 Å². The Morgan fingerprint density at radius 2 is 1.65 bits per heavy atom. The van der Waals surface area contributed by atoms with Gasteiger partial charge < -0.3 is 4.74 Å². The van der Waals surface area contributed by atoms with Crippen molar-refractivity contribution in [2.24, 2.45) is 0 Å². The van der Waals surface area contributed by atoms with Crippen LogP contribution in [0.15, 0.2) is 60.8 Å². The molecule has 0 atom stereocenters. The Morgan fingerprint density at radius 1 is 0.957 bits per heavy atom. The summed E-state index contributed by atoms with van der Waals surface area (Å²) in [5.41, 5.74) is -0.276. The molecule has 3 rings (SSSR count). The molecule has 0 radical (unpaired) electrons. The van der Waals surface area contributed by atoms with E-state index in [4.69, 9.17) is 4.74 Å². The van der Waals surface area contributed by atoms with E-state index < -0.39 is 17.7 Å². The first-order valence-electron chi connectivity index (χ1n) is 6.68. The van der Waals surface area contributed by atoms with E-state index in [1.54, 1.807) is 24.4 Å². The standard InChI is InChI=1S/C17H10F3NO2/c18-17(19,20)13-8-6-12(7-9-13)16(22)23-14-5-1-3-11-4-2-10-21-15(11)14/h1-10H. The third-order valence-corrected chi connectivity index (χ3v) is 3.25. The minimum absolute atomic E-state index is 0.0333. The Labute approximate surface area is 129 Å². The highest BCUT2D eigenvalue weighted by atomic mass is 19.4. The average molecular weight is 317 g/mol. The van der Waals surface area contributed by atoms with E-state index in [1.807, 2.05) is 12.1 Å². The number of carbonyl (C=O) groups is 1. The van der Waals surface area contributed by atoms with E-state index in [0.29, 0.717) is 5.52 Å². The Balaban J connectivity index is 1.86. The molecular formula is C17H10F3NO2. The second-order valence-electron chi connectivity index (χ2n) is 4.80. The monoisotopic (exact) mass is 317 g/mol. The quantitative estimate of drug-likeness (QED) is 0.517. The van der Waals surface area contributed by atoms with Crippen molar-refractivity contribution in [2.75, 3.05) is 0 Å². The second kappa shape index (κ2) is 5.72. The summed E-state index contributed by atoms with van der Waals surface area (Å²) in [6.45, 7) is 0. The fraction of sp³-hybridized carbons (Fsp3) is 0.0588. The minimum Gasteiger partial charge on any atom is -0.421 e. The first-order valence-corrected chi connectivity index (χ1v) is 6.68. The highest BCUT2D eigenvalue weighted by molar-refractivity contribution is 5.94. The highest BCUT2D eigenvalue weighted by Crippen LogP contribution is 2.29. The van der Waals surface area contributed by atoms with E-state index >= 15 is 0 Å². The van der Waals surface area contributed by atoms with Gasteiger partial charge in [-0.1, -0.05) is 18.2 Å². The van der Waals surface area contributed by atoms with E-state index in [0.717, 1.165) is 29.7 Å². The Hall–Kier alpha value is -2.89. The summed E-state index contributed by atoms with van der Waals surface area (Å²) in [5.74, 6) is -0.482. The largest absolute Gasteiger partial charge is 0.421 e. The van der Waals surface area contributed by atoms with Gasteiger partial charge in [-0.2, -0.15) is 13.2 Å². The molecule has 23 heavy (non-hydrogen) atoms. The number of rotatable bonds is 2. The zero-order chi connectivity index (χ0) is 16.4. The Kier molecular flexibility index (Phi) is 3.73. The van der Waals surface area contributed by atoms with Crippen molar-refractivity contribution in [2.45, 2.75) is 6.18 Å². The topological polar surface area (TPSA) is 39.2 Å². The van der Waals surface area contributed by atoms with Gasteiger partial charge in [0.05, 0.1) is 11.1 Å². The van der Waals surface area contributed by atoms with E-state index in [2.05, 4.69) is 4.98 Å². The summed E-state index contributed by atoms with van der Waals surface area (Å²) in [4.78, 5) is 16.2. The number of ether oxygens (including phenoxy) is 1. The first kappa shape index (κ1) is 15.0. The van der Waals surface area contributed by atoms with Gasteiger partial charge in [-0.05, 0) is 36.4 Å². The maximum absolute atomic E-state index is 12.5. The molecule has 0 bridgehead atoms. The average Bonchev–Trinajstić information content (AvgIpc) is 2.54. The second-order valence-corrected chi connectivity index (χ2v) is 4.80. The lowest BCUT2D eigenvalue weighted by Gasteiger charge is -2.09. The summed E-state index contributed by atoms with van der Waals surface area (Å²) < 4.78 is 42.8. The smallest absolute Gasteiger partial charge is 0.416 e. The SMILES string of the molecule is O=C(Oc1cccc2cccnc12)c1ccc(C(F)(F)F)cc1. The van der Waals surface area contributed by atoms with Crippen molar-refractivity contribution in [3.63, 3.8) is 0 Å².